The molecule has 0 saturated carbocycles. The Labute approximate surface area is 266 Å². The van der Waals surface area contributed by atoms with Crippen LogP contribution in [0.4, 0.5) is 5.69 Å². The minimum absolute atomic E-state index is 0.108. The third-order valence-corrected chi connectivity index (χ3v) is 9.33. The van der Waals surface area contributed by atoms with Crippen LogP contribution in [-0.4, -0.2) is 83.8 Å². The molecule has 0 unspecified atom stereocenters. The molecule has 3 amide bonds. The Bertz CT molecular complexity index is 1280. The van der Waals surface area contributed by atoms with Crippen LogP contribution in [0.15, 0.2) is 43.5 Å². The molecule has 4 rings (SSSR count). The molecule has 246 valence electrons. The van der Waals surface area contributed by atoms with Crippen LogP contribution < -0.4 is 10.2 Å². The van der Waals surface area contributed by atoms with Crippen molar-refractivity contribution in [1.29, 1.82) is 0 Å². The normalized spacial score (nSPS) is 25.5. The van der Waals surface area contributed by atoms with Gasteiger partial charge in [0.1, 0.15) is 17.7 Å². The SMILES string of the molecule is C=CCCC(=O)NC[C@H](C)OC(=O)[C@@H]1[C@H]2C(=O)N(CCCCCCO)[C@H](C(=O)N(CC=C)c3cc(C)ccc3C)[C@]23CC[C@H]1O3. The van der Waals surface area contributed by atoms with Crippen molar-refractivity contribution < 1.29 is 33.8 Å². The number of rotatable bonds is 17. The number of hydrogen-bond acceptors (Lipinski definition) is 7. The molecule has 0 aliphatic carbocycles. The van der Waals surface area contributed by atoms with Crippen LogP contribution in [0.25, 0.3) is 0 Å². The molecule has 1 aromatic rings. The highest BCUT2D eigenvalue weighted by atomic mass is 16.6. The second kappa shape index (κ2) is 15.2. The highest BCUT2D eigenvalue weighted by molar-refractivity contribution is 6.05. The first-order valence-corrected chi connectivity index (χ1v) is 16.3. The number of anilines is 1. The van der Waals surface area contributed by atoms with E-state index < -0.39 is 41.7 Å². The summed E-state index contributed by atoms with van der Waals surface area (Å²) in [6, 6.07) is 5.03. The van der Waals surface area contributed by atoms with Crippen molar-refractivity contribution in [3.05, 3.63) is 54.6 Å². The second-order valence-corrected chi connectivity index (χ2v) is 12.6. The number of aryl methyl sites for hydroxylation is 2. The number of likely N-dealkylation sites (tertiary alicyclic amines) is 1. The van der Waals surface area contributed by atoms with E-state index in [2.05, 4.69) is 18.5 Å². The maximum atomic E-state index is 14.7. The van der Waals surface area contributed by atoms with Crippen molar-refractivity contribution in [2.24, 2.45) is 11.8 Å². The Morgan fingerprint density at radius 3 is 2.67 bits per heavy atom. The Hall–Kier alpha value is -3.50. The van der Waals surface area contributed by atoms with Gasteiger partial charge in [-0.1, -0.05) is 37.1 Å². The van der Waals surface area contributed by atoms with Crippen LogP contribution in [0.2, 0.25) is 0 Å². The van der Waals surface area contributed by atoms with Gasteiger partial charge in [0.15, 0.2) is 0 Å². The van der Waals surface area contributed by atoms with Gasteiger partial charge in [0.05, 0.1) is 24.5 Å². The Balaban J connectivity index is 1.61. The molecule has 45 heavy (non-hydrogen) atoms. The van der Waals surface area contributed by atoms with Gasteiger partial charge < -0.3 is 29.7 Å². The fourth-order valence-electron chi connectivity index (χ4n) is 7.18. The van der Waals surface area contributed by atoms with E-state index in [9.17, 15) is 24.3 Å². The molecule has 10 nitrogen and oxygen atoms in total. The second-order valence-electron chi connectivity index (χ2n) is 12.6. The maximum Gasteiger partial charge on any atom is 0.312 e. The lowest BCUT2D eigenvalue weighted by atomic mass is 9.70. The zero-order chi connectivity index (χ0) is 32.7. The molecule has 10 heteroatoms. The van der Waals surface area contributed by atoms with Crippen LogP contribution >= 0.6 is 0 Å². The first-order valence-electron chi connectivity index (χ1n) is 16.3. The van der Waals surface area contributed by atoms with Gasteiger partial charge in [-0.05, 0) is 70.1 Å². The van der Waals surface area contributed by atoms with Gasteiger partial charge in [0, 0.05) is 31.8 Å². The van der Waals surface area contributed by atoms with Crippen LogP contribution in [0.1, 0.15) is 69.4 Å². The zero-order valence-electron chi connectivity index (χ0n) is 27.0. The minimum atomic E-state index is -1.15. The number of nitrogens with zero attached hydrogens (tertiary/aromatic N) is 2. The number of allylic oxidation sites excluding steroid dienone is 1. The van der Waals surface area contributed by atoms with Crippen molar-refractivity contribution in [2.45, 2.75) is 96.0 Å². The number of aliphatic hydroxyl groups is 1. The van der Waals surface area contributed by atoms with Crippen molar-refractivity contribution in [3.8, 4) is 0 Å². The summed E-state index contributed by atoms with van der Waals surface area (Å²) < 4.78 is 12.4. The van der Waals surface area contributed by atoms with Crippen LogP contribution in [0, 0.1) is 25.7 Å². The maximum absolute atomic E-state index is 14.7. The lowest BCUT2D eigenvalue weighted by molar-refractivity contribution is -0.159. The van der Waals surface area contributed by atoms with E-state index in [1.165, 1.54) is 0 Å². The molecule has 3 fully saturated rings. The molecular formula is C35H49N3O7. The molecule has 0 radical (unpaired) electrons. The molecule has 3 heterocycles. The van der Waals surface area contributed by atoms with Crippen LogP contribution in [-0.2, 0) is 28.7 Å². The highest BCUT2D eigenvalue weighted by Crippen LogP contribution is 2.59. The Morgan fingerprint density at radius 1 is 1.20 bits per heavy atom. The van der Waals surface area contributed by atoms with E-state index >= 15 is 0 Å². The number of esters is 1. The Morgan fingerprint density at radius 2 is 1.96 bits per heavy atom. The number of benzene rings is 1. The van der Waals surface area contributed by atoms with E-state index in [0.29, 0.717) is 45.1 Å². The van der Waals surface area contributed by atoms with Gasteiger partial charge in [-0.2, -0.15) is 0 Å². The third-order valence-electron chi connectivity index (χ3n) is 9.33. The summed E-state index contributed by atoms with van der Waals surface area (Å²) in [5.74, 6) is -2.89. The van der Waals surface area contributed by atoms with Gasteiger partial charge in [-0.25, -0.2) is 0 Å². The average Bonchev–Trinajstić information content (AvgIpc) is 3.66. The largest absolute Gasteiger partial charge is 0.460 e. The van der Waals surface area contributed by atoms with E-state index in [4.69, 9.17) is 9.47 Å². The molecular weight excluding hydrogens is 574 g/mol. The van der Waals surface area contributed by atoms with Crippen molar-refractivity contribution in [3.63, 3.8) is 0 Å². The van der Waals surface area contributed by atoms with Gasteiger partial charge in [-0.15, -0.1) is 13.2 Å². The van der Waals surface area contributed by atoms with Crippen molar-refractivity contribution in [1.82, 2.24) is 10.2 Å². The summed E-state index contributed by atoms with van der Waals surface area (Å²) in [7, 11) is 0. The number of aliphatic hydroxyl groups excluding tert-OH is 1. The topological polar surface area (TPSA) is 125 Å². The number of fused-ring (bicyclic) bond motifs is 1. The molecule has 3 aliphatic heterocycles. The highest BCUT2D eigenvalue weighted by Gasteiger charge is 2.75. The minimum Gasteiger partial charge on any atom is -0.460 e. The predicted molar refractivity (Wildman–Crippen MR) is 171 cm³/mol. The molecule has 1 aromatic carbocycles. The Kier molecular flexibility index (Phi) is 11.6. The van der Waals surface area contributed by atoms with Gasteiger partial charge in [0.2, 0.25) is 11.8 Å². The number of nitrogens with one attached hydrogen (secondary N) is 1. The van der Waals surface area contributed by atoms with Gasteiger partial charge >= 0.3 is 5.97 Å². The van der Waals surface area contributed by atoms with Gasteiger partial charge in [-0.3, -0.25) is 19.2 Å². The fourth-order valence-corrected chi connectivity index (χ4v) is 7.18. The van der Waals surface area contributed by atoms with Crippen LogP contribution in [0.5, 0.6) is 0 Å². The third kappa shape index (κ3) is 7.17. The summed E-state index contributed by atoms with van der Waals surface area (Å²) in [6.07, 6.45) is 7.02. The predicted octanol–water partition coefficient (Wildman–Crippen LogP) is 3.76. The average molecular weight is 624 g/mol. The smallest absolute Gasteiger partial charge is 0.312 e. The fraction of sp³-hybridized carbons (Fsp3) is 0.600. The summed E-state index contributed by atoms with van der Waals surface area (Å²) in [4.78, 5) is 58.0. The molecule has 0 aromatic heterocycles. The number of unbranched alkanes of at least 4 members (excludes halogenated alkanes) is 3. The van der Waals surface area contributed by atoms with E-state index in [1.807, 2.05) is 32.0 Å². The summed E-state index contributed by atoms with van der Waals surface area (Å²) in [5.41, 5.74) is 1.53. The lowest BCUT2D eigenvalue weighted by Gasteiger charge is -2.37. The molecule has 2 bridgehead atoms. The number of amides is 3. The quantitative estimate of drug-likeness (QED) is 0.154. The summed E-state index contributed by atoms with van der Waals surface area (Å²) >= 11 is 0. The van der Waals surface area contributed by atoms with E-state index in [-0.39, 0.29) is 37.4 Å². The van der Waals surface area contributed by atoms with Crippen molar-refractivity contribution in [2.75, 3.05) is 31.1 Å². The van der Waals surface area contributed by atoms with Crippen molar-refractivity contribution >= 4 is 29.4 Å². The molecule has 3 aliphatic rings. The molecule has 2 N–H and O–H groups in total. The number of ether oxygens (including phenoxy) is 2. The molecule has 6 atom stereocenters. The van der Waals surface area contributed by atoms with E-state index in [1.54, 1.807) is 28.9 Å². The molecule has 3 saturated heterocycles. The zero-order valence-corrected chi connectivity index (χ0v) is 27.0. The van der Waals surface area contributed by atoms with Crippen LogP contribution in [0.3, 0.4) is 0 Å². The number of hydrogen-bond donors (Lipinski definition) is 2. The monoisotopic (exact) mass is 623 g/mol. The summed E-state index contributed by atoms with van der Waals surface area (Å²) in [6.45, 7) is 14.0. The van der Waals surface area contributed by atoms with Gasteiger partial charge in [0.25, 0.3) is 5.91 Å². The van der Waals surface area contributed by atoms with E-state index in [0.717, 1.165) is 29.7 Å². The number of carbonyl (C=O) groups is 4. The first-order chi connectivity index (χ1) is 21.6. The number of carbonyl (C=O) groups excluding carboxylic acids is 4. The summed E-state index contributed by atoms with van der Waals surface area (Å²) in [5, 5.41) is 12.0. The standard InChI is InChI=1S/C35H49N3O7/c1-6-8-13-28(40)36-22-25(5)44-34(43)29-27-16-17-35(45-27)30(29)32(41)38(19-11-9-10-12-20-39)31(35)33(42)37(18-7-2)26-21-23(3)14-15-24(26)4/h6-7,14-15,21,25,27,29-31,39H,1-2,8-13,16-20,22H2,3-5H3,(H,36,40)/t25-,27+,29-,30-,31+,35-/m0/s1. The molecule has 1 spiro atoms. The lowest BCUT2D eigenvalue weighted by Crippen LogP contribution is -2.56. The first kappa shape index (κ1) is 34.4.